The average Bonchev–Trinajstić information content (AvgIpc) is 2.69. The van der Waals surface area contributed by atoms with Crippen LogP contribution in [0.2, 0.25) is 0 Å². The van der Waals surface area contributed by atoms with Crippen molar-refractivity contribution in [3.63, 3.8) is 0 Å². The number of hydrogen-bond acceptors (Lipinski definition) is 2. The van der Waals surface area contributed by atoms with E-state index in [1.54, 1.807) is 0 Å². The molecule has 122 valence electrons. The van der Waals surface area contributed by atoms with Crippen LogP contribution in [0, 0.1) is 56.4 Å². The van der Waals surface area contributed by atoms with Gasteiger partial charge < -0.3 is 0 Å². The van der Waals surface area contributed by atoms with Crippen LogP contribution in [0.15, 0.2) is 0 Å². The van der Waals surface area contributed by atoms with Gasteiger partial charge in [-0.2, -0.15) is 0 Å². The van der Waals surface area contributed by atoms with Gasteiger partial charge >= 0.3 is 145 Å². The molecule has 1 aliphatic rings. The van der Waals surface area contributed by atoms with E-state index < -0.39 is 0 Å². The van der Waals surface area contributed by atoms with Crippen LogP contribution in [-0.2, 0) is 39.1 Å². The molecule has 0 aromatic heterocycles. The monoisotopic (exact) mass is 356 g/mol. The van der Waals surface area contributed by atoms with Crippen molar-refractivity contribution < 1.29 is 39.1 Å². The number of rotatable bonds is 2. The summed E-state index contributed by atoms with van der Waals surface area (Å²) in [6, 6.07) is 2.42. The number of nitriles is 1. The minimum absolute atomic E-state index is 0.229. The Morgan fingerprint density at radius 2 is 1.26 bits per heavy atom. The fourth-order valence-electron chi connectivity index (χ4n) is 1.91. The molecule has 0 saturated heterocycles. The summed E-state index contributed by atoms with van der Waals surface area (Å²) in [4.78, 5) is 2.10. The van der Waals surface area contributed by atoms with Crippen molar-refractivity contribution in [2.75, 3.05) is 14.1 Å². The second-order valence-corrected chi connectivity index (χ2v) is 4.51. The first-order valence-corrected chi connectivity index (χ1v) is 6.43. The van der Waals surface area contributed by atoms with Gasteiger partial charge in [0.05, 0.1) is 0 Å². The number of hydrogen-bond donors (Lipinski definition) is 0. The molecule has 8 heteroatoms. The summed E-state index contributed by atoms with van der Waals surface area (Å²) in [7, 11) is 4.07. The van der Waals surface area contributed by atoms with Gasteiger partial charge in [-0.3, -0.25) is 0 Å². The first-order chi connectivity index (χ1) is 11.2. The fourth-order valence-corrected chi connectivity index (χ4v) is 2.35. The van der Waals surface area contributed by atoms with E-state index in [2.05, 4.69) is 60.1 Å². The summed E-state index contributed by atoms with van der Waals surface area (Å²) >= 11 is 3.10. The zero-order chi connectivity index (χ0) is 19.8. The third kappa shape index (κ3) is 18.5. The molecular weight excluding hydrogens is 340 g/mol. The molecule has 0 amide bonds. The Kier molecular flexibility index (Phi) is 46.9. The van der Waals surface area contributed by atoms with Crippen LogP contribution in [0.25, 0.3) is 0 Å². The molecule has 7 nitrogen and oxygen atoms in total. The molecule has 1 saturated carbocycles. The zero-order valence-corrected chi connectivity index (χ0v) is 14.1. The molecule has 23 heavy (non-hydrogen) atoms. The van der Waals surface area contributed by atoms with Crippen molar-refractivity contribution in [3.05, 3.63) is 33.3 Å². The molecule has 0 bridgehead atoms. The minimum atomic E-state index is 0.229. The van der Waals surface area contributed by atoms with E-state index in [0.717, 1.165) is 6.42 Å². The molecule has 0 aromatic carbocycles. The van der Waals surface area contributed by atoms with Gasteiger partial charge in [-0.1, -0.05) is 0 Å². The van der Waals surface area contributed by atoms with E-state index in [9.17, 15) is 0 Å². The van der Waals surface area contributed by atoms with Gasteiger partial charge in [0.25, 0.3) is 0 Å². The van der Waals surface area contributed by atoms with Crippen molar-refractivity contribution >= 4 is 4.50 Å². The van der Waals surface area contributed by atoms with Crippen LogP contribution >= 0.6 is 0 Å². The zero-order valence-electron chi connectivity index (χ0n) is 12.8. The Bertz CT molecular complexity index is 383. The third-order valence-electron chi connectivity index (χ3n) is 2.69. The fraction of sp³-hybridized carbons (Fsp3) is 0.533. The Morgan fingerprint density at radius 3 is 1.57 bits per heavy atom. The van der Waals surface area contributed by atoms with Gasteiger partial charge in [0.1, 0.15) is 0 Å². The maximum atomic E-state index is 9.00. The Balaban J connectivity index is -0.0000000923. The Morgan fingerprint density at radius 1 is 0.913 bits per heavy atom. The predicted molar refractivity (Wildman–Crippen MR) is 69.4 cm³/mol. The van der Waals surface area contributed by atoms with Crippen molar-refractivity contribution in [1.29, 1.82) is 5.26 Å². The topological polar surface area (TPSA) is 127 Å². The maximum absolute atomic E-state index is 9.00. The summed E-state index contributed by atoms with van der Waals surface area (Å²) in [6.45, 7) is 22.5. The standard InChI is InChI=1S/C10H16N2.5CO.Cr/c1-12(2)8-10-6-4-3-5-9(10)7-11;5*1-2;/h9-10H,3-6H2,1-2H3;;;;;;. The van der Waals surface area contributed by atoms with Gasteiger partial charge in [-0.05, 0) is 0 Å². The SMILES string of the molecule is CN(C)[C](=[Cr])C1CCCCC1C#N.[C-]#[O+].[C-]#[O+].[C-]#[O+].[C-]#[O+].[C-]#[O+]. The van der Waals surface area contributed by atoms with E-state index in [4.69, 9.17) is 28.5 Å². The first kappa shape index (κ1) is 33.2. The first-order valence-electron chi connectivity index (χ1n) is 5.79. The normalized spacial score (nSPS) is 16.5. The van der Waals surface area contributed by atoms with Crippen LogP contribution in [0.4, 0.5) is 0 Å². The molecule has 0 N–H and O–H groups in total. The molecule has 0 aliphatic heterocycles. The molecule has 2 unspecified atom stereocenters. The van der Waals surface area contributed by atoms with Gasteiger partial charge in [-0.15, -0.1) is 0 Å². The summed E-state index contributed by atoms with van der Waals surface area (Å²) in [5.41, 5.74) is 0. The van der Waals surface area contributed by atoms with E-state index in [-0.39, 0.29) is 5.92 Å². The number of nitrogens with zero attached hydrogens (tertiary/aromatic N) is 2. The van der Waals surface area contributed by atoms with Gasteiger partial charge in [0.15, 0.2) is 0 Å². The van der Waals surface area contributed by atoms with Crippen molar-refractivity contribution in [1.82, 2.24) is 4.90 Å². The van der Waals surface area contributed by atoms with E-state index in [0.29, 0.717) is 5.92 Å². The van der Waals surface area contributed by atoms with Crippen LogP contribution in [0.1, 0.15) is 25.7 Å². The van der Waals surface area contributed by atoms with Crippen LogP contribution in [0.5, 0.6) is 0 Å². The van der Waals surface area contributed by atoms with Gasteiger partial charge in [0, 0.05) is 0 Å². The molecule has 1 rings (SSSR count). The molecular formula is C15H16CrN2O5. The van der Waals surface area contributed by atoms with E-state index in [1.807, 2.05) is 14.1 Å². The van der Waals surface area contributed by atoms with E-state index >= 15 is 0 Å². The molecule has 2 atom stereocenters. The quantitative estimate of drug-likeness (QED) is 0.547. The molecule has 0 radical (unpaired) electrons. The van der Waals surface area contributed by atoms with E-state index in [1.165, 1.54) is 23.8 Å². The van der Waals surface area contributed by atoms with Crippen molar-refractivity contribution in [2.45, 2.75) is 25.7 Å². The molecule has 0 aromatic rings. The van der Waals surface area contributed by atoms with Gasteiger partial charge in [-0.25, -0.2) is 0 Å². The average molecular weight is 356 g/mol. The third-order valence-corrected chi connectivity index (χ3v) is 3.73. The van der Waals surface area contributed by atoms with Gasteiger partial charge in [0.2, 0.25) is 0 Å². The predicted octanol–water partition coefficient (Wildman–Crippen LogP) is 1.37. The molecule has 1 aliphatic carbocycles. The van der Waals surface area contributed by atoms with Crippen LogP contribution in [-0.4, -0.2) is 23.5 Å². The van der Waals surface area contributed by atoms with Crippen molar-refractivity contribution in [2.24, 2.45) is 11.8 Å². The summed E-state index contributed by atoms with van der Waals surface area (Å²) in [5.74, 6) is 0.682. The summed E-state index contributed by atoms with van der Waals surface area (Å²) in [6.07, 6.45) is 4.72. The van der Waals surface area contributed by atoms with Crippen LogP contribution in [0.3, 0.4) is 0 Å². The second kappa shape index (κ2) is 32.5. The van der Waals surface area contributed by atoms with Crippen LogP contribution < -0.4 is 0 Å². The Hall–Kier alpha value is -1.45. The molecule has 0 heterocycles. The summed E-state index contributed by atoms with van der Waals surface area (Å²) < 4.78 is 38.7. The van der Waals surface area contributed by atoms with Crippen molar-refractivity contribution in [3.8, 4) is 6.07 Å². The molecule has 1 fully saturated rings. The molecule has 0 spiro atoms. The summed E-state index contributed by atoms with van der Waals surface area (Å²) in [5, 5.41) is 9.00. The second-order valence-electron chi connectivity index (χ2n) is 3.86. The Labute approximate surface area is 145 Å².